The normalized spacial score (nSPS) is 10.6. The number of hydrogen-bond acceptors (Lipinski definition) is 5. The molecule has 0 spiro atoms. The largest absolute Gasteiger partial charge is 0.476 e. The molecule has 0 radical (unpaired) electrons. The van der Waals surface area contributed by atoms with Crippen LogP contribution in [0.5, 0.6) is 0 Å². The van der Waals surface area contributed by atoms with Gasteiger partial charge >= 0.3 is 5.97 Å². The molecule has 7 nitrogen and oxygen atoms in total. The quantitative estimate of drug-likeness (QED) is 0.855. The Labute approximate surface area is 102 Å². The fourth-order valence-corrected chi connectivity index (χ4v) is 1.55. The van der Waals surface area contributed by atoms with Crippen molar-refractivity contribution >= 4 is 5.97 Å². The molecule has 18 heavy (non-hydrogen) atoms. The van der Waals surface area contributed by atoms with Crippen LogP contribution in [0.1, 0.15) is 27.5 Å². The van der Waals surface area contributed by atoms with Gasteiger partial charge in [0.2, 0.25) is 0 Å². The number of nitrogens with zero attached hydrogens (tertiary/aromatic N) is 3. The maximum Gasteiger partial charge on any atom is 0.356 e. The smallest absolute Gasteiger partial charge is 0.356 e. The maximum atomic E-state index is 11.6. The van der Waals surface area contributed by atoms with E-state index in [0.717, 1.165) is 10.2 Å². The zero-order chi connectivity index (χ0) is 13.3. The molecule has 0 unspecified atom stereocenters. The topological polar surface area (TPSA) is 98.2 Å². The summed E-state index contributed by atoms with van der Waals surface area (Å²) in [4.78, 5) is 22.4. The molecule has 0 aliphatic heterocycles. The third kappa shape index (κ3) is 2.15. The van der Waals surface area contributed by atoms with Crippen molar-refractivity contribution in [3.05, 3.63) is 45.2 Å². The second-order valence-electron chi connectivity index (χ2n) is 3.82. The average molecular weight is 249 g/mol. The van der Waals surface area contributed by atoms with Gasteiger partial charge in [-0.2, -0.15) is 5.10 Å². The van der Waals surface area contributed by atoms with Gasteiger partial charge in [-0.1, -0.05) is 5.16 Å². The van der Waals surface area contributed by atoms with Crippen LogP contribution < -0.4 is 5.56 Å². The Kier molecular flexibility index (Phi) is 2.97. The van der Waals surface area contributed by atoms with Crippen molar-refractivity contribution in [3.8, 4) is 0 Å². The van der Waals surface area contributed by atoms with Crippen molar-refractivity contribution in [2.75, 3.05) is 0 Å². The lowest BCUT2D eigenvalue weighted by atomic mass is 10.2. The van der Waals surface area contributed by atoms with Crippen LogP contribution in [-0.2, 0) is 6.54 Å². The molecule has 0 aliphatic carbocycles. The Morgan fingerprint density at radius 1 is 1.44 bits per heavy atom. The minimum atomic E-state index is -1.18. The van der Waals surface area contributed by atoms with Crippen molar-refractivity contribution in [2.45, 2.75) is 20.4 Å². The average Bonchev–Trinajstić information content (AvgIpc) is 2.63. The number of carbonyl (C=O) groups is 1. The third-order valence-corrected chi connectivity index (χ3v) is 2.57. The number of aromatic nitrogens is 3. The summed E-state index contributed by atoms with van der Waals surface area (Å²) in [6, 6.07) is 2.35. The Morgan fingerprint density at radius 2 is 2.17 bits per heavy atom. The summed E-state index contributed by atoms with van der Waals surface area (Å²) in [6.45, 7) is 3.61. The van der Waals surface area contributed by atoms with Crippen LogP contribution in [0.15, 0.2) is 21.5 Å². The van der Waals surface area contributed by atoms with E-state index in [0.29, 0.717) is 11.5 Å². The van der Waals surface area contributed by atoms with Crippen LogP contribution in [0.2, 0.25) is 0 Å². The van der Waals surface area contributed by atoms with Crippen LogP contribution >= 0.6 is 0 Å². The summed E-state index contributed by atoms with van der Waals surface area (Å²) in [5.41, 5.74) is 0.829. The van der Waals surface area contributed by atoms with Crippen molar-refractivity contribution in [1.82, 2.24) is 14.9 Å². The van der Waals surface area contributed by atoms with Crippen molar-refractivity contribution in [2.24, 2.45) is 0 Å². The second kappa shape index (κ2) is 4.44. The van der Waals surface area contributed by atoms with E-state index in [1.165, 1.54) is 12.1 Å². The molecule has 0 saturated heterocycles. The van der Waals surface area contributed by atoms with Crippen LogP contribution in [-0.4, -0.2) is 26.0 Å². The molecule has 94 valence electrons. The van der Waals surface area contributed by atoms with E-state index < -0.39 is 5.97 Å². The molecule has 2 rings (SSSR count). The van der Waals surface area contributed by atoms with E-state index >= 15 is 0 Å². The molecular weight excluding hydrogens is 238 g/mol. The molecule has 0 aliphatic rings. The number of hydrogen-bond donors (Lipinski definition) is 1. The van der Waals surface area contributed by atoms with Gasteiger partial charge in [-0.05, 0) is 19.9 Å². The van der Waals surface area contributed by atoms with Crippen molar-refractivity contribution < 1.29 is 14.4 Å². The van der Waals surface area contributed by atoms with Gasteiger partial charge in [-0.3, -0.25) is 4.79 Å². The summed E-state index contributed by atoms with van der Waals surface area (Å²) < 4.78 is 6.05. The minimum Gasteiger partial charge on any atom is -0.476 e. The van der Waals surface area contributed by atoms with Gasteiger partial charge < -0.3 is 9.63 Å². The number of carboxylic acid groups (broad SMARTS) is 1. The molecule has 7 heteroatoms. The molecular formula is C11H11N3O4. The van der Waals surface area contributed by atoms with E-state index in [2.05, 4.69) is 10.3 Å². The maximum absolute atomic E-state index is 11.6. The molecule has 0 saturated carbocycles. The first kappa shape index (κ1) is 12.0. The second-order valence-corrected chi connectivity index (χ2v) is 3.82. The minimum absolute atomic E-state index is 0.140. The highest BCUT2D eigenvalue weighted by Gasteiger charge is 2.13. The molecule has 0 bridgehead atoms. The molecule has 0 atom stereocenters. The van der Waals surface area contributed by atoms with Crippen molar-refractivity contribution in [1.29, 1.82) is 0 Å². The fourth-order valence-electron chi connectivity index (χ4n) is 1.55. The van der Waals surface area contributed by atoms with E-state index in [1.807, 2.05) is 0 Å². The summed E-state index contributed by atoms with van der Waals surface area (Å²) in [5, 5.41) is 16.4. The van der Waals surface area contributed by atoms with Gasteiger partial charge in [-0.25, -0.2) is 9.48 Å². The first-order valence-corrected chi connectivity index (χ1v) is 5.22. The molecule has 2 aromatic rings. The first-order valence-electron chi connectivity index (χ1n) is 5.22. The van der Waals surface area contributed by atoms with Gasteiger partial charge in [0.05, 0.1) is 12.2 Å². The van der Waals surface area contributed by atoms with Crippen LogP contribution in [0.4, 0.5) is 0 Å². The van der Waals surface area contributed by atoms with Crippen molar-refractivity contribution in [3.63, 3.8) is 0 Å². The van der Waals surface area contributed by atoms with Gasteiger partial charge in [0.25, 0.3) is 5.56 Å². The highest BCUT2D eigenvalue weighted by molar-refractivity contribution is 5.84. The Balaban J connectivity index is 2.43. The zero-order valence-electron chi connectivity index (χ0n) is 9.88. The van der Waals surface area contributed by atoms with E-state index in [4.69, 9.17) is 9.63 Å². The lowest BCUT2D eigenvalue weighted by Gasteiger charge is -2.04. The summed E-state index contributed by atoms with van der Waals surface area (Å²) >= 11 is 0. The van der Waals surface area contributed by atoms with E-state index in [1.54, 1.807) is 13.8 Å². The van der Waals surface area contributed by atoms with E-state index in [-0.39, 0.29) is 17.8 Å². The summed E-state index contributed by atoms with van der Waals surface area (Å²) in [6.07, 6.45) is 0. The Hall–Kier alpha value is -2.44. The zero-order valence-corrected chi connectivity index (χ0v) is 9.88. The third-order valence-electron chi connectivity index (χ3n) is 2.57. The number of aromatic carboxylic acids is 1. The van der Waals surface area contributed by atoms with Crippen LogP contribution in [0, 0.1) is 13.8 Å². The first-order chi connectivity index (χ1) is 8.49. The highest BCUT2D eigenvalue weighted by atomic mass is 16.5. The van der Waals surface area contributed by atoms with Gasteiger partial charge in [0.15, 0.2) is 5.69 Å². The lowest BCUT2D eigenvalue weighted by Crippen LogP contribution is -2.25. The molecule has 1 N–H and O–H groups in total. The van der Waals surface area contributed by atoms with E-state index in [9.17, 15) is 9.59 Å². The summed E-state index contributed by atoms with van der Waals surface area (Å²) in [5.74, 6) is -0.593. The predicted molar refractivity (Wildman–Crippen MR) is 60.5 cm³/mol. The monoisotopic (exact) mass is 249 g/mol. The Bertz CT molecular complexity index is 637. The van der Waals surface area contributed by atoms with Crippen LogP contribution in [0.25, 0.3) is 0 Å². The molecule has 0 fully saturated rings. The number of rotatable bonds is 3. The number of carboxylic acids is 1. The lowest BCUT2D eigenvalue weighted by molar-refractivity contribution is 0.0687. The molecule has 2 heterocycles. The molecule has 0 aromatic carbocycles. The van der Waals surface area contributed by atoms with Gasteiger partial charge in [0, 0.05) is 11.6 Å². The Morgan fingerprint density at radius 3 is 2.72 bits per heavy atom. The summed E-state index contributed by atoms with van der Waals surface area (Å²) in [7, 11) is 0. The molecule has 0 amide bonds. The standard InChI is InChI=1S/C11H11N3O4/c1-6-8(7(2)18-13-6)5-14-10(15)4-3-9(12-14)11(16)17/h3-4H,5H2,1-2H3,(H,16,17). The number of aryl methyl sites for hydroxylation is 2. The SMILES string of the molecule is Cc1noc(C)c1Cn1nc(C(=O)O)ccc1=O. The fraction of sp³-hybridized carbons (Fsp3) is 0.273. The highest BCUT2D eigenvalue weighted by Crippen LogP contribution is 2.12. The van der Waals surface area contributed by atoms with Gasteiger partial charge in [0.1, 0.15) is 5.76 Å². The predicted octanol–water partition coefficient (Wildman–Crippen LogP) is 0.595. The van der Waals surface area contributed by atoms with Gasteiger partial charge in [-0.15, -0.1) is 0 Å². The van der Waals surface area contributed by atoms with Crippen LogP contribution in [0.3, 0.4) is 0 Å². The molecule has 2 aromatic heterocycles.